The molecule has 2 nitrogen and oxygen atoms in total. The van der Waals surface area contributed by atoms with Gasteiger partial charge < -0.3 is 0 Å². The molecule has 0 amide bonds. The number of fused-ring (bicyclic) bond motifs is 1. The molecule has 4 heteroatoms. The summed E-state index contributed by atoms with van der Waals surface area (Å²) in [4.78, 5) is 10.5. The van der Waals surface area contributed by atoms with Crippen LogP contribution in [0.5, 0.6) is 0 Å². The van der Waals surface area contributed by atoms with Crippen molar-refractivity contribution in [2.75, 3.05) is 0 Å². The molecule has 0 unspecified atom stereocenters. The maximum atomic E-state index is 5.71. The third kappa shape index (κ3) is 1.42. The largest absolute Gasteiger partial charge is 0.226 e. The van der Waals surface area contributed by atoms with Gasteiger partial charge in [-0.2, -0.15) is 0 Å². The molecule has 0 saturated heterocycles. The van der Waals surface area contributed by atoms with Crippen LogP contribution in [0.3, 0.4) is 0 Å². The topological polar surface area (TPSA) is 25.8 Å². The van der Waals surface area contributed by atoms with Gasteiger partial charge in [0.1, 0.15) is 4.83 Å². The highest BCUT2D eigenvalue weighted by Gasteiger charge is 2.08. The third-order valence-corrected chi connectivity index (χ3v) is 3.32. The van der Waals surface area contributed by atoms with E-state index in [0.717, 1.165) is 16.6 Å². The summed E-state index contributed by atoms with van der Waals surface area (Å²) in [5.41, 5.74) is 1.34. The van der Waals surface area contributed by atoms with Gasteiger partial charge in [-0.1, -0.05) is 6.92 Å². The summed E-state index contributed by atoms with van der Waals surface area (Å²) >= 11 is 7.39. The molecule has 0 atom stereocenters. The molecular formula is C9H9ClN2S. The lowest BCUT2D eigenvalue weighted by atomic mass is 10.1. The highest BCUT2D eigenvalue weighted by molar-refractivity contribution is 7.18. The van der Waals surface area contributed by atoms with Crippen LogP contribution < -0.4 is 0 Å². The minimum absolute atomic E-state index is 0.330. The van der Waals surface area contributed by atoms with Gasteiger partial charge in [-0.3, -0.25) is 0 Å². The number of rotatable bonds is 1. The van der Waals surface area contributed by atoms with Crippen LogP contribution in [0.1, 0.15) is 17.4 Å². The third-order valence-electron chi connectivity index (χ3n) is 2.08. The molecule has 2 aromatic rings. The minimum atomic E-state index is 0.330. The fourth-order valence-electron chi connectivity index (χ4n) is 1.47. The Morgan fingerprint density at radius 2 is 2.31 bits per heavy atom. The standard InChI is InChI=1S/C9H9ClN2S/c1-3-6-5(2)13-8-7(6)4-11-9(10)12-8/h4H,3H2,1-2H3. The van der Waals surface area contributed by atoms with Crippen LogP contribution in [0.4, 0.5) is 0 Å². The van der Waals surface area contributed by atoms with Gasteiger partial charge in [0.2, 0.25) is 5.28 Å². The SMILES string of the molecule is CCc1c(C)sc2nc(Cl)ncc12. The quantitative estimate of drug-likeness (QED) is 0.679. The molecule has 0 aromatic carbocycles. The second-order valence-corrected chi connectivity index (χ2v) is 4.39. The Kier molecular flexibility index (Phi) is 2.22. The van der Waals surface area contributed by atoms with Crippen molar-refractivity contribution in [1.82, 2.24) is 9.97 Å². The molecule has 2 aromatic heterocycles. The molecule has 0 spiro atoms. The zero-order chi connectivity index (χ0) is 9.42. The van der Waals surface area contributed by atoms with Gasteiger partial charge in [-0.05, 0) is 30.5 Å². The van der Waals surface area contributed by atoms with Crippen LogP contribution in [-0.4, -0.2) is 9.97 Å². The van der Waals surface area contributed by atoms with Crippen molar-refractivity contribution in [2.45, 2.75) is 20.3 Å². The van der Waals surface area contributed by atoms with Gasteiger partial charge in [0, 0.05) is 16.5 Å². The number of nitrogens with zero attached hydrogens (tertiary/aromatic N) is 2. The molecule has 0 N–H and O–H groups in total. The van der Waals surface area contributed by atoms with Crippen molar-refractivity contribution < 1.29 is 0 Å². The molecule has 0 bridgehead atoms. The maximum Gasteiger partial charge on any atom is 0.223 e. The van der Waals surface area contributed by atoms with E-state index in [1.807, 2.05) is 6.20 Å². The average Bonchev–Trinajstić information content (AvgIpc) is 2.39. The van der Waals surface area contributed by atoms with E-state index in [4.69, 9.17) is 11.6 Å². The Hall–Kier alpha value is -0.670. The molecule has 0 aliphatic rings. The fraction of sp³-hybridized carbons (Fsp3) is 0.333. The lowest BCUT2D eigenvalue weighted by Crippen LogP contribution is -1.83. The van der Waals surface area contributed by atoms with E-state index < -0.39 is 0 Å². The maximum absolute atomic E-state index is 5.71. The normalized spacial score (nSPS) is 11.0. The predicted octanol–water partition coefficient (Wildman–Crippen LogP) is 3.22. The Morgan fingerprint density at radius 3 is 3.00 bits per heavy atom. The van der Waals surface area contributed by atoms with Gasteiger partial charge >= 0.3 is 0 Å². The first kappa shape index (κ1) is 8.91. The average molecular weight is 213 g/mol. The first-order valence-electron chi connectivity index (χ1n) is 4.13. The number of hydrogen-bond donors (Lipinski definition) is 0. The molecule has 13 heavy (non-hydrogen) atoms. The van der Waals surface area contributed by atoms with Crippen molar-refractivity contribution in [3.8, 4) is 0 Å². The van der Waals surface area contributed by atoms with Crippen LogP contribution in [0.2, 0.25) is 5.28 Å². The zero-order valence-electron chi connectivity index (χ0n) is 7.47. The predicted molar refractivity (Wildman–Crippen MR) is 56.5 cm³/mol. The van der Waals surface area contributed by atoms with Crippen molar-refractivity contribution in [3.63, 3.8) is 0 Å². The van der Waals surface area contributed by atoms with E-state index in [0.29, 0.717) is 5.28 Å². The number of hydrogen-bond acceptors (Lipinski definition) is 3. The molecule has 0 saturated carbocycles. The van der Waals surface area contributed by atoms with E-state index in [1.54, 1.807) is 11.3 Å². The molecule has 2 heterocycles. The highest BCUT2D eigenvalue weighted by atomic mass is 35.5. The van der Waals surface area contributed by atoms with Crippen LogP contribution in [0.25, 0.3) is 10.2 Å². The Labute approximate surface area is 85.6 Å². The monoisotopic (exact) mass is 212 g/mol. The fourth-order valence-corrected chi connectivity index (χ4v) is 2.74. The molecule has 0 fully saturated rings. The summed E-state index contributed by atoms with van der Waals surface area (Å²) in [6.45, 7) is 4.25. The Bertz CT molecular complexity index is 450. The van der Waals surface area contributed by atoms with Crippen LogP contribution in [0.15, 0.2) is 6.20 Å². The zero-order valence-corrected chi connectivity index (χ0v) is 9.04. The van der Waals surface area contributed by atoms with Gasteiger partial charge in [-0.25, -0.2) is 9.97 Å². The van der Waals surface area contributed by atoms with Crippen molar-refractivity contribution in [1.29, 1.82) is 0 Å². The second kappa shape index (κ2) is 3.24. The van der Waals surface area contributed by atoms with E-state index in [-0.39, 0.29) is 0 Å². The Morgan fingerprint density at radius 1 is 1.54 bits per heavy atom. The number of thiophene rings is 1. The van der Waals surface area contributed by atoms with Crippen molar-refractivity contribution in [2.24, 2.45) is 0 Å². The molecule has 0 aliphatic carbocycles. The van der Waals surface area contributed by atoms with E-state index in [9.17, 15) is 0 Å². The first-order chi connectivity index (χ1) is 6.22. The first-order valence-corrected chi connectivity index (χ1v) is 5.32. The summed E-state index contributed by atoms with van der Waals surface area (Å²) in [6.07, 6.45) is 2.84. The summed E-state index contributed by atoms with van der Waals surface area (Å²) < 4.78 is 0. The van der Waals surface area contributed by atoms with E-state index in [1.165, 1.54) is 10.4 Å². The van der Waals surface area contributed by atoms with Crippen molar-refractivity contribution >= 4 is 33.2 Å². The number of aromatic nitrogens is 2. The summed E-state index contributed by atoms with van der Waals surface area (Å²) in [5, 5.41) is 1.48. The molecule has 2 rings (SSSR count). The highest BCUT2D eigenvalue weighted by Crippen LogP contribution is 2.29. The summed E-state index contributed by atoms with van der Waals surface area (Å²) in [7, 11) is 0. The van der Waals surface area contributed by atoms with Gasteiger partial charge in [0.05, 0.1) is 0 Å². The van der Waals surface area contributed by atoms with Crippen LogP contribution in [0, 0.1) is 6.92 Å². The summed E-state index contributed by atoms with van der Waals surface area (Å²) in [6, 6.07) is 0. The van der Waals surface area contributed by atoms with Crippen molar-refractivity contribution in [3.05, 3.63) is 21.9 Å². The van der Waals surface area contributed by atoms with Crippen LogP contribution in [-0.2, 0) is 6.42 Å². The number of halogens is 1. The Balaban J connectivity index is 2.79. The van der Waals surface area contributed by atoms with E-state index >= 15 is 0 Å². The molecule has 68 valence electrons. The van der Waals surface area contributed by atoms with Crippen LogP contribution >= 0.6 is 22.9 Å². The second-order valence-electron chi connectivity index (χ2n) is 2.85. The molecule has 0 aliphatic heterocycles. The lowest BCUT2D eigenvalue weighted by Gasteiger charge is -1.94. The van der Waals surface area contributed by atoms with Gasteiger partial charge in [0.25, 0.3) is 0 Å². The van der Waals surface area contributed by atoms with Gasteiger partial charge in [-0.15, -0.1) is 11.3 Å². The number of aryl methyl sites for hydroxylation is 2. The summed E-state index contributed by atoms with van der Waals surface area (Å²) in [5.74, 6) is 0. The lowest BCUT2D eigenvalue weighted by molar-refractivity contribution is 1.14. The smallest absolute Gasteiger partial charge is 0.223 e. The molecule has 0 radical (unpaired) electrons. The van der Waals surface area contributed by atoms with Gasteiger partial charge in [0.15, 0.2) is 0 Å². The minimum Gasteiger partial charge on any atom is -0.226 e. The van der Waals surface area contributed by atoms with E-state index in [2.05, 4.69) is 23.8 Å². The molecular weight excluding hydrogens is 204 g/mol.